The van der Waals surface area contributed by atoms with E-state index >= 15 is 0 Å². The Hall–Kier alpha value is -1.95. The van der Waals surface area contributed by atoms with Crippen LogP contribution in [0.2, 0.25) is 0 Å². The summed E-state index contributed by atoms with van der Waals surface area (Å²) < 4.78 is 2.03. The molecule has 0 aliphatic rings. The van der Waals surface area contributed by atoms with Gasteiger partial charge in [0.05, 0.1) is 11.7 Å². The summed E-state index contributed by atoms with van der Waals surface area (Å²) in [7, 11) is 1.80. The first-order valence-electron chi connectivity index (χ1n) is 8.07. The van der Waals surface area contributed by atoms with Gasteiger partial charge in [-0.1, -0.05) is 12.1 Å². The second-order valence-electron chi connectivity index (χ2n) is 6.30. The predicted molar refractivity (Wildman–Crippen MR) is 104 cm³/mol. The van der Waals surface area contributed by atoms with Crippen molar-refractivity contribution >= 4 is 17.7 Å². The van der Waals surface area contributed by atoms with Gasteiger partial charge in [0.2, 0.25) is 0 Å². The standard InChI is InChI=1S/C18H27N5S/c1-14(22-17(19-4)20-13-18(2,3)24-5)15-8-6-9-16(12-15)23-11-7-10-21-23/h6-12,14H,13H2,1-5H3,(H2,19,20,22). The number of aromatic nitrogens is 2. The smallest absolute Gasteiger partial charge is 0.191 e. The Bertz CT molecular complexity index is 664. The lowest BCUT2D eigenvalue weighted by molar-refractivity contribution is 0.639. The highest BCUT2D eigenvalue weighted by Gasteiger charge is 2.17. The number of hydrogen-bond acceptors (Lipinski definition) is 3. The van der Waals surface area contributed by atoms with Gasteiger partial charge in [0, 0.05) is 30.7 Å². The van der Waals surface area contributed by atoms with Crippen molar-refractivity contribution in [2.45, 2.75) is 31.6 Å². The van der Waals surface area contributed by atoms with Crippen molar-refractivity contribution in [3.63, 3.8) is 0 Å². The molecule has 1 heterocycles. The molecule has 0 radical (unpaired) electrons. The van der Waals surface area contributed by atoms with E-state index in [4.69, 9.17) is 0 Å². The lowest BCUT2D eigenvalue weighted by Gasteiger charge is -2.25. The number of thioether (sulfide) groups is 1. The minimum atomic E-state index is 0.143. The molecule has 0 bridgehead atoms. The maximum atomic E-state index is 4.33. The fraction of sp³-hybridized carbons (Fsp3) is 0.444. The van der Waals surface area contributed by atoms with Crippen LogP contribution in [0.3, 0.4) is 0 Å². The first-order valence-corrected chi connectivity index (χ1v) is 9.30. The van der Waals surface area contributed by atoms with Crippen LogP contribution in [0.5, 0.6) is 0 Å². The van der Waals surface area contributed by atoms with Gasteiger partial charge in [-0.3, -0.25) is 4.99 Å². The van der Waals surface area contributed by atoms with E-state index in [0.717, 1.165) is 18.2 Å². The van der Waals surface area contributed by atoms with Gasteiger partial charge in [-0.25, -0.2) is 4.68 Å². The molecule has 0 fully saturated rings. The Morgan fingerprint density at radius 3 is 2.79 bits per heavy atom. The molecule has 2 aromatic rings. The van der Waals surface area contributed by atoms with Crippen molar-refractivity contribution in [1.29, 1.82) is 0 Å². The van der Waals surface area contributed by atoms with E-state index in [2.05, 4.69) is 72.0 Å². The van der Waals surface area contributed by atoms with Gasteiger partial charge in [0.1, 0.15) is 0 Å². The number of hydrogen-bond donors (Lipinski definition) is 2. The molecule has 0 amide bonds. The first kappa shape index (κ1) is 18.4. The van der Waals surface area contributed by atoms with Crippen molar-refractivity contribution in [1.82, 2.24) is 20.4 Å². The van der Waals surface area contributed by atoms with Gasteiger partial charge in [0.25, 0.3) is 0 Å². The maximum absolute atomic E-state index is 4.33. The second kappa shape index (κ2) is 8.24. The molecular formula is C18H27N5S. The van der Waals surface area contributed by atoms with Crippen LogP contribution < -0.4 is 10.6 Å². The third kappa shape index (κ3) is 5.03. The van der Waals surface area contributed by atoms with Crippen LogP contribution in [0.1, 0.15) is 32.4 Å². The molecule has 24 heavy (non-hydrogen) atoms. The molecule has 6 heteroatoms. The highest BCUT2D eigenvalue weighted by Crippen LogP contribution is 2.20. The zero-order chi connectivity index (χ0) is 17.6. The average molecular weight is 346 g/mol. The molecule has 130 valence electrons. The molecule has 1 unspecified atom stereocenters. The molecule has 1 aromatic carbocycles. The molecule has 0 saturated heterocycles. The van der Waals surface area contributed by atoms with Gasteiger partial charge in [0.15, 0.2) is 5.96 Å². The average Bonchev–Trinajstić information content (AvgIpc) is 3.13. The third-order valence-electron chi connectivity index (χ3n) is 3.95. The minimum absolute atomic E-state index is 0.143. The van der Waals surface area contributed by atoms with Crippen molar-refractivity contribution in [3.8, 4) is 5.69 Å². The van der Waals surface area contributed by atoms with E-state index in [1.165, 1.54) is 5.56 Å². The highest BCUT2D eigenvalue weighted by molar-refractivity contribution is 7.99. The Morgan fingerprint density at radius 2 is 2.17 bits per heavy atom. The number of aliphatic imine (C=N–C) groups is 1. The lowest BCUT2D eigenvalue weighted by atomic mass is 10.1. The van der Waals surface area contributed by atoms with E-state index in [1.54, 1.807) is 13.2 Å². The molecule has 2 N–H and O–H groups in total. The molecule has 1 atom stereocenters. The summed E-state index contributed by atoms with van der Waals surface area (Å²) in [6.45, 7) is 7.42. The summed E-state index contributed by atoms with van der Waals surface area (Å²) in [5, 5.41) is 11.1. The number of nitrogens with one attached hydrogen (secondary N) is 2. The largest absolute Gasteiger partial charge is 0.355 e. The number of benzene rings is 1. The zero-order valence-electron chi connectivity index (χ0n) is 15.1. The molecule has 0 aliphatic heterocycles. The van der Waals surface area contributed by atoms with Crippen molar-refractivity contribution < 1.29 is 0 Å². The van der Waals surface area contributed by atoms with Gasteiger partial charge < -0.3 is 10.6 Å². The van der Waals surface area contributed by atoms with Crippen LogP contribution in [-0.2, 0) is 0 Å². The summed E-state index contributed by atoms with van der Waals surface area (Å²) in [5.41, 5.74) is 2.24. The van der Waals surface area contributed by atoms with E-state index in [9.17, 15) is 0 Å². The van der Waals surface area contributed by atoms with Crippen LogP contribution in [-0.4, -0.2) is 40.3 Å². The molecule has 0 saturated carbocycles. The van der Waals surface area contributed by atoms with Gasteiger partial charge in [-0.05, 0) is 50.8 Å². The van der Waals surface area contributed by atoms with Gasteiger partial charge in [-0.15, -0.1) is 0 Å². The minimum Gasteiger partial charge on any atom is -0.355 e. The van der Waals surface area contributed by atoms with Gasteiger partial charge in [-0.2, -0.15) is 16.9 Å². The summed E-state index contributed by atoms with van der Waals surface area (Å²) >= 11 is 1.84. The number of nitrogens with zero attached hydrogens (tertiary/aromatic N) is 3. The SMILES string of the molecule is CN=C(NCC(C)(C)SC)NC(C)c1cccc(-n2cccn2)c1. The fourth-order valence-corrected chi connectivity index (χ4v) is 2.43. The highest BCUT2D eigenvalue weighted by atomic mass is 32.2. The number of rotatable bonds is 6. The Morgan fingerprint density at radius 1 is 1.38 bits per heavy atom. The third-order valence-corrected chi connectivity index (χ3v) is 5.20. The number of guanidine groups is 1. The maximum Gasteiger partial charge on any atom is 0.191 e. The van der Waals surface area contributed by atoms with E-state index in [0.29, 0.717) is 0 Å². The predicted octanol–water partition coefficient (Wildman–Crippen LogP) is 3.24. The Labute approximate surface area is 148 Å². The van der Waals surface area contributed by atoms with Crippen LogP contribution in [0.15, 0.2) is 47.7 Å². The van der Waals surface area contributed by atoms with Crippen LogP contribution >= 0.6 is 11.8 Å². The molecule has 1 aromatic heterocycles. The molecule has 0 spiro atoms. The quantitative estimate of drug-likeness (QED) is 0.623. The summed E-state index contributed by atoms with van der Waals surface area (Å²) in [6.07, 6.45) is 5.86. The fourth-order valence-electron chi connectivity index (χ4n) is 2.21. The molecule has 5 nitrogen and oxygen atoms in total. The van der Waals surface area contributed by atoms with Crippen molar-refractivity contribution in [2.75, 3.05) is 19.8 Å². The van der Waals surface area contributed by atoms with Crippen LogP contribution in [0, 0.1) is 0 Å². The topological polar surface area (TPSA) is 54.2 Å². The summed E-state index contributed by atoms with van der Waals surface area (Å²) in [4.78, 5) is 4.33. The Balaban J connectivity index is 2.03. The first-order chi connectivity index (χ1) is 11.4. The monoisotopic (exact) mass is 345 g/mol. The van der Waals surface area contributed by atoms with E-state index in [-0.39, 0.29) is 10.8 Å². The second-order valence-corrected chi connectivity index (χ2v) is 7.81. The zero-order valence-corrected chi connectivity index (χ0v) is 15.9. The van der Waals surface area contributed by atoms with Crippen molar-refractivity contribution in [2.24, 2.45) is 4.99 Å². The Kier molecular flexibility index (Phi) is 6.31. The van der Waals surface area contributed by atoms with Crippen LogP contribution in [0.4, 0.5) is 0 Å². The summed E-state index contributed by atoms with van der Waals surface area (Å²) in [5.74, 6) is 0.814. The molecule has 2 rings (SSSR count). The van der Waals surface area contributed by atoms with E-state index in [1.807, 2.05) is 28.7 Å². The van der Waals surface area contributed by atoms with Gasteiger partial charge >= 0.3 is 0 Å². The normalized spacial score (nSPS) is 13.6. The van der Waals surface area contributed by atoms with E-state index < -0.39 is 0 Å². The summed E-state index contributed by atoms with van der Waals surface area (Å²) in [6, 6.07) is 10.4. The lowest BCUT2D eigenvalue weighted by Crippen LogP contribution is -2.44. The van der Waals surface area contributed by atoms with Crippen molar-refractivity contribution in [3.05, 3.63) is 48.3 Å². The molecular weight excluding hydrogens is 318 g/mol. The molecule has 0 aliphatic carbocycles. The van der Waals surface area contributed by atoms with Crippen LogP contribution in [0.25, 0.3) is 5.69 Å².